The van der Waals surface area contributed by atoms with Crippen molar-refractivity contribution < 1.29 is 19.1 Å². The molecular formula is C16H20ClN3O4. The van der Waals surface area contributed by atoms with E-state index in [1.807, 2.05) is 0 Å². The van der Waals surface area contributed by atoms with Crippen molar-refractivity contribution in [3.8, 4) is 0 Å². The molecule has 0 spiro atoms. The van der Waals surface area contributed by atoms with Gasteiger partial charge in [-0.1, -0.05) is 29.8 Å². The molecule has 0 bridgehead atoms. The van der Waals surface area contributed by atoms with Crippen molar-refractivity contribution in [2.75, 3.05) is 0 Å². The summed E-state index contributed by atoms with van der Waals surface area (Å²) in [5, 5.41) is 5.62. The quantitative estimate of drug-likeness (QED) is 0.647. The molecule has 0 unspecified atom stereocenters. The number of esters is 1. The summed E-state index contributed by atoms with van der Waals surface area (Å²) in [6.07, 6.45) is 0.805. The number of ether oxygens (including phenoxy) is 1. The van der Waals surface area contributed by atoms with E-state index in [-0.39, 0.29) is 18.4 Å². The van der Waals surface area contributed by atoms with Crippen LogP contribution in [0.5, 0.6) is 0 Å². The van der Waals surface area contributed by atoms with Gasteiger partial charge in [-0.15, -0.1) is 0 Å². The predicted octanol–water partition coefficient (Wildman–Crippen LogP) is 1.65. The molecule has 1 fully saturated rings. The van der Waals surface area contributed by atoms with Crippen LogP contribution < -0.4 is 16.4 Å². The maximum atomic E-state index is 12.1. The van der Waals surface area contributed by atoms with Crippen molar-refractivity contribution >= 4 is 29.5 Å². The van der Waals surface area contributed by atoms with Gasteiger partial charge in [-0.05, 0) is 31.4 Å². The molecule has 4 N–H and O–H groups in total. The van der Waals surface area contributed by atoms with E-state index in [1.54, 1.807) is 24.3 Å². The van der Waals surface area contributed by atoms with Crippen LogP contribution in [0.1, 0.15) is 37.8 Å². The maximum absolute atomic E-state index is 12.1. The van der Waals surface area contributed by atoms with Gasteiger partial charge in [-0.2, -0.15) is 0 Å². The maximum Gasteiger partial charge on any atom is 0.312 e. The summed E-state index contributed by atoms with van der Waals surface area (Å²) in [7, 11) is 0. The Kier molecular flexibility index (Phi) is 6.03. The third-order valence-corrected chi connectivity index (χ3v) is 3.91. The van der Waals surface area contributed by atoms with Gasteiger partial charge in [0.1, 0.15) is 0 Å². The number of hydrogen-bond donors (Lipinski definition) is 3. The Bertz CT molecular complexity index is 634. The summed E-state index contributed by atoms with van der Waals surface area (Å²) in [5.74, 6) is -0.963. The lowest BCUT2D eigenvalue weighted by Gasteiger charge is -2.20. The fraction of sp³-hybridized carbons (Fsp3) is 0.438. The molecule has 1 saturated carbocycles. The number of halogens is 1. The van der Waals surface area contributed by atoms with E-state index in [0.29, 0.717) is 10.6 Å². The Hall–Kier alpha value is -2.28. The van der Waals surface area contributed by atoms with Gasteiger partial charge in [-0.25, -0.2) is 4.79 Å². The molecular weight excluding hydrogens is 334 g/mol. The molecule has 7 nitrogen and oxygen atoms in total. The zero-order valence-electron chi connectivity index (χ0n) is 13.3. The Morgan fingerprint density at radius 1 is 1.33 bits per heavy atom. The molecule has 1 aliphatic rings. The summed E-state index contributed by atoms with van der Waals surface area (Å²) in [6, 6.07) is 5.45. The van der Waals surface area contributed by atoms with Crippen molar-refractivity contribution in [1.82, 2.24) is 10.6 Å². The second-order valence-electron chi connectivity index (χ2n) is 5.70. The molecule has 0 saturated heterocycles. The van der Waals surface area contributed by atoms with Crippen molar-refractivity contribution in [2.24, 2.45) is 5.73 Å². The molecule has 0 heterocycles. The average molecular weight is 354 g/mol. The third kappa shape index (κ3) is 5.42. The highest BCUT2D eigenvalue weighted by atomic mass is 35.5. The summed E-state index contributed by atoms with van der Waals surface area (Å²) >= 11 is 6.10. The van der Waals surface area contributed by atoms with Gasteiger partial charge in [0.15, 0.2) is 6.10 Å². The van der Waals surface area contributed by atoms with E-state index in [0.717, 1.165) is 12.8 Å². The summed E-state index contributed by atoms with van der Waals surface area (Å²) in [5.41, 5.74) is 5.70. The monoisotopic (exact) mass is 353 g/mol. The highest BCUT2D eigenvalue weighted by Gasteiger charge is 2.28. The van der Waals surface area contributed by atoms with Gasteiger partial charge in [0.2, 0.25) is 0 Å². The van der Waals surface area contributed by atoms with E-state index in [4.69, 9.17) is 22.1 Å². The number of carbonyl (C=O) groups excluding carboxylic acids is 3. The molecule has 1 aromatic rings. The van der Waals surface area contributed by atoms with Crippen molar-refractivity contribution in [3.63, 3.8) is 0 Å². The first-order chi connectivity index (χ1) is 11.4. The zero-order valence-corrected chi connectivity index (χ0v) is 14.0. The van der Waals surface area contributed by atoms with Crippen LogP contribution in [-0.4, -0.2) is 30.1 Å². The zero-order chi connectivity index (χ0) is 17.7. The molecule has 1 aliphatic carbocycles. The molecule has 0 aliphatic heterocycles. The number of nitrogens with one attached hydrogen (secondary N) is 2. The molecule has 1 aromatic carbocycles. The molecule has 0 radical (unpaired) electrons. The normalized spacial score (nSPS) is 15.9. The third-order valence-electron chi connectivity index (χ3n) is 3.57. The minimum Gasteiger partial charge on any atom is -0.452 e. The number of amides is 3. The number of hydrogen-bond acceptors (Lipinski definition) is 4. The Balaban J connectivity index is 1.97. The number of benzene rings is 1. The van der Waals surface area contributed by atoms with Gasteiger partial charge in [0.05, 0.1) is 12.5 Å². The van der Waals surface area contributed by atoms with Crippen LogP contribution in [-0.2, 0) is 14.3 Å². The Morgan fingerprint density at radius 3 is 2.58 bits per heavy atom. The topological polar surface area (TPSA) is 111 Å². The van der Waals surface area contributed by atoms with Crippen molar-refractivity contribution in [2.45, 2.75) is 44.4 Å². The largest absolute Gasteiger partial charge is 0.452 e. The van der Waals surface area contributed by atoms with Crippen LogP contribution in [0, 0.1) is 0 Å². The number of nitrogens with two attached hydrogens (primary N) is 1. The van der Waals surface area contributed by atoms with Crippen LogP contribution >= 0.6 is 11.6 Å². The molecule has 8 heteroatoms. The van der Waals surface area contributed by atoms with Crippen LogP contribution in [0.4, 0.5) is 4.79 Å². The van der Waals surface area contributed by atoms with Gasteiger partial charge in [-0.3, -0.25) is 9.59 Å². The van der Waals surface area contributed by atoms with Gasteiger partial charge < -0.3 is 21.1 Å². The highest BCUT2D eigenvalue weighted by Crippen LogP contribution is 2.25. The van der Waals surface area contributed by atoms with E-state index in [1.165, 1.54) is 6.92 Å². The minimum atomic E-state index is -0.904. The van der Waals surface area contributed by atoms with Crippen LogP contribution in [0.15, 0.2) is 24.3 Å². The second-order valence-corrected chi connectivity index (χ2v) is 6.11. The van der Waals surface area contributed by atoms with Crippen LogP contribution in [0.3, 0.4) is 0 Å². The lowest BCUT2D eigenvalue weighted by molar-refractivity contribution is -0.155. The SMILES string of the molecule is C[C@H](OC(=O)C[C@H](NC(N)=O)c1ccccc1Cl)C(=O)NC1CC1. The molecule has 0 aromatic heterocycles. The van der Waals surface area contributed by atoms with E-state index in [2.05, 4.69) is 10.6 Å². The van der Waals surface area contributed by atoms with Gasteiger partial charge in [0.25, 0.3) is 5.91 Å². The molecule has 2 rings (SSSR count). The molecule has 130 valence electrons. The van der Waals surface area contributed by atoms with Crippen molar-refractivity contribution in [1.29, 1.82) is 0 Å². The lowest BCUT2D eigenvalue weighted by atomic mass is 10.0. The van der Waals surface area contributed by atoms with E-state index >= 15 is 0 Å². The molecule has 24 heavy (non-hydrogen) atoms. The number of primary amides is 1. The van der Waals surface area contributed by atoms with Crippen LogP contribution in [0.2, 0.25) is 5.02 Å². The molecule has 2 atom stereocenters. The predicted molar refractivity (Wildman–Crippen MR) is 88.2 cm³/mol. The van der Waals surface area contributed by atoms with Gasteiger partial charge >= 0.3 is 12.0 Å². The first-order valence-corrected chi connectivity index (χ1v) is 8.05. The van der Waals surface area contributed by atoms with E-state index in [9.17, 15) is 14.4 Å². The Morgan fingerprint density at radius 2 is 2.00 bits per heavy atom. The first-order valence-electron chi connectivity index (χ1n) is 7.67. The second kappa shape index (κ2) is 8.01. The van der Waals surface area contributed by atoms with E-state index < -0.39 is 24.1 Å². The van der Waals surface area contributed by atoms with Crippen molar-refractivity contribution in [3.05, 3.63) is 34.9 Å². The summed E-state index contributed by atoms with van der Waals surface area (Å²) in [6.45, 7) is 1.50. The van der Waals surface area contributed by atoms with Gasteiger partial charge in [0, 0.05) is 11.1 Å². The first kappa shape index (κ1) is 18.1. The number of rotatable bonds is 7. The standard InChI is InChI=1S/C16H20ClN3O4/c1-9(15(22)19-10-6-7-10)24-14(21)8-13(20-16(18)23)11-4-2-3-5-12(11)17/h2-5,9-10,13H,6-8H2,1H3,(H,19,22)(H3,18,20,23)/t9-,13-/m0/s1. The smallest absolute Gasteiger partial charge is 0.312 e. The highest BCUT2D eigenvalue weighted by molar-refractivity contribution is 6.31. The average Bonchev–Trinajstić information content (AvgIpc) is 3.30. The minimum absolute atomic E-state index is 0.186. The van der Waals surface area contributed by atoms with Crippen LogP contribution in [0.25, 0.3) is 0 Å². The summed E-state index contributed by atoms with van der Waals surface area (Å²) < 4.78 is 5.13. The Labute approximate surface area is 144 Å². The fourth-order valence-corrected chi connectivity index (χ4v) is 2.45. The lowest BCUT2D eigenvalue weighted by Crippen LogP contribution is -2.38. The number of urea groups is 1. The summed E-state index contributed by atoms with van der Waals surface area (Å²) in [4.78, 5) is 35.1. The number of carbonyl (C=O) groups is 3. The molecule has 3 amide bonds. The fourth-order valence-electron chi connectivity index (χ4n) is 2.18.